The SMILES string of the molecule is CN(C)[C@@H](CNC(=O)C(=O)Nc1ccccc1[N+](=O)[O-])c1cccc2ccccc12. The third kappa shape index (κ3) is 4.61. The molecule has 3 aromatic carbocycles. The average Bonchev–Trinajstić information content (AvgIpc) is 2.73. The fourth-order valence-corrected chi connectivity index (χ4v) is 3.30. The fourth-order valence-electron chi connectivity index (χ4n) is 3.30. The van der Waals surface area contributed by atoms with E-state index < -0.39 is 16.7 Å². The summed E-state index contributed by atoms with van der Waals surface area (Å²) >= 11 is 0. The summed E-state index contributed by atoms with van der Waals surface area (Å²) in [6.45, 7) is 0.199. The summed E-state index contributed by atoms with van der Waals surface area (Å²) in [4.78, 5) is 37.0. The van der Waals surface area contributed by atoms with Gasteiger partial charge in [0.15, 0.2) is 0 Å². The number of nitro benzene ring substituents is 1. The van der Waals surface area contributed by atoms with Crippen LogP contribution in [0.2, 0.25) is 0 Å². The van der Waals surface area contributed by atoms with E-state index in [2.05, 4.69) is 10.6 Å². The van der Waals surface area contributed by atoms with Gasteiger partial charge in [0.25, 0.3) is 5.69 Å². The van der Waals surface area contributed by atoms with Gasteiger partial charge in [0.05, 0.1) is 11.0 Å². The van der Waals surface area contributed by atoms with Gasteiger partial charge in [0, 0.05) is 12.6 Å². The van der Waals surface area contributed by atoms with E-state index in [1.54, 1.807) is 6.07 Å². The number of carbonyl (C=O) groups is 2. The van der Waals surface area contributed by atoms with Crippen LogP contribution in [-0.2, 0) is 9.59 Å². The number of nitrogens with zero attached hydrogens (tertiary/aromatic N) is 2. The van der Waals surface area contributed by atoms with Crippen molar-refractivity contribution in [1.82, 2.24) is 10.2 Å². The van der Waals surface area contributed by atoms with Crippen LogP contribution >= 0.6 is 0 Å². The molecule has 8 nitrogen and oxygen atoms in total. The number of benzene rings is 3. The maximum atomic E-state index is 12.3. The van der Waals surface area contributed by atoms with E-state index in [4.69, 9.17) is 0 Å². The molecule has 0 spiro atoms. The normalized spacial score (nSPS) is 11.8. The molecular weight excluding hydrogens is 384 g/mol. The molecule has 1 atom stereocenters. The molecule has 154 valence electrons. The summed E-state index contributed by atoms with van der Waals surface area (Å²) in [6.07, 6.45) is 0. The Morgan fingerprint density at radius 1 is 0.967 bits per heavy atom. The molecule has 0 aromatic heterocycles. The zero-order valence-electron chi connectivity index (χ0n) is 16.7. The first kappa shape index (κ1) is 20.9. The topological polar surface area (TPSA) is 105 Å². The highest BCUT2D eigenvalue weighted by molar-refractivity contribution is 6.39. The molecule has 0 unspecified atom stereocenters. The zero-order valence-corrected chi connectivity index (χ0v) is 16.7. The minimum absolute atomic E-state index is 0.0270. The Bertz CT molecular complexity index is 1090. The van der Waals surface area contributed by atoms with Gasteiger partial charge in [-0.05, 0) is 36.5 Å². The number of hydrogen-bond donors (Lipinski definition) is 2. The van der Waals surface area contributed by atoms with Gasteiger partial charge in [-0.25, -0.2) is 0 Å². The van der Waals surface area contributed by atoms with E-state index in [0.717, 1.165) is 16.3 Å². The summed E-state index contributed by atoms with van der Waals surface area (Å²) in [6, 6.07) is 19.4. The Labute approximate surface area is 173 Å². The number of para-hydroxylation sites is 2. The largest absolute Gasteiger partial charge is 0.346 e. The summed E-state index contributed by atoms with van der Waals surface area (Å²) < 4.78 is 0. The number of amides is 2. The summed E-state index contributed by atoms with van der Waals surface area (Å²) in [5.41, 5.74) is 0.721. The van der Waals surface area contributed by atoms with Crippen LogP contribution in [0.5, 0.6) is 0 Å². The van der Waals surface area contributed by atoms with Crippen LogP contribution in [-0.4, -0.2) is 42.3 Å². The molecule has 0 radical (unpaired) electrons. The molecule has 0 saturated heterocycles. The van der Waals surface area contributed by atoms with Crippen molar-refractivity contribution in [1.29, 1.82) is 0 Å². The van der Waals surface area contributed by atoms with Crippen LogP contribution in [0.15, 0.2) is 66.7 Å². The van der Waals surface area contributed by atoms with Crippen molar-refractivity contribution in [3.8, 4) is 0 Å². The standard InChI is InChI=1S/C22H22N4O4/c1-25(2)20(17-11-7-9-15-8-3-4-10-16(15)17)14-23-21(27)22(28)24-18-12-5-6-13-19(18)26(29)30/h3-13,20H,14H2,1-2H3,(H,23,27)(H,24,28)/t20-/m0/s1. The lowest BCUT2D eigenvalue weighted by Gasteiger charge is -2.26. The maximum Gasteiger partial charge on any atom is 0.313 e. The molecule has 0 aliphatic rings. The van der Waals surface area contributed by atoms with Crippen molar-refractivity contribution in [2.75, 3.05) is 26.0 Å². The highest BCUT2D eigenvalue weighted by Gasteiger charge is 2.22. The molecule has 0 aliphatic heterocycles. The van der Waals surface area contributed by atoms with E-state index >= 15 is 0 Å². The molecule has 0 fully saturated rings. The maximum absolute atomic E-state index is 12.3. The number of rotatable bonds is 6. The first-order valence-electron chi connectivity index (χ1n) is 9.35. The van der Waals surface area contributed by atoms with Crippen molar-refractivity contribution >= 4 is 34.0 Å². The molecular formula is C22H22N4O4. The number of likely N-dealkylation sites (N-methyl/N-ethyl adjacent to an activating group) is 1. The van der Waals surface area contributed by atoms with Crippen LogP contribution in [0.4, 0.5) is 11.4 Å². The fraction of sp³-hybridized carbons (Fsp3) is 0.182. The monoisotopic (exact) mass is 406 g/mol. The zero-order chi connectivity index (χ0) is 21.7. The minimum atomic E-state index is -0.959. The van der Waals surface area contributed by atoms with Gasteiger partial charge in [0.2, 0.25) is 0 Å². The number of fused-ring (bicyclic) bond motifs is 1. The Kier molecular flexibility index (Phi) is 6.38. The van der Waals surface area contributed by atoms with Gasteiger partial charge in [-0.3, -0.25) is 19.7 Å². The third-order valence-electron chi connectivity index (χ3n) is 4.82. The van der Waals surface area contributed by atoms with E-state index in [0.29, 0.717) is 0 Å². The van der Waals surface area contributed by atoms with Crippen LogP contribution in [0, 0.1) is 10.1 Å². The molecule has 2 N–H and O–H groups in total. The van der Waals surface area contributed by atoms with E-state index in [9.17, 15) is 19.7 Å². The molecule has 3 rings (SSSR count). The molecule has 0 saturated carbocycles. The summed E-state index contributed by atoms with van der Waals surface area (Å²) in [5.74, 6) is -1.82. The second kappa shape index (κ2) is 9.15. The lowest BCUT2D eigenvalue weighted by Crippen LogP contribution is -2.40. The van der Waals surface area contributed by atoms with Crippen LogP contribution in [0.1, 0.15) is 11.6 Å². The van der Waals surface area contributed by atoms with Crippen molar-refractivity contribution in [3.05, 3.63) is 82.4 Å². The molecule has 30 heavy (non-hydrogen) atoms. The summed E-state index contributed by atoms with van der Waals surface area (Å²) in [7, 11) is 3.79. The van der Waals surface area contributed by atoms with Crippen molar-refractivity contribution in [3.63, 3.8) is 0 Å². The minimum Gasteiger partial charge on any atom is -0.346 e. The van der Waals surface area contributed by atoms with Gasteiger partial charge in [-0.2, -0.15) is 0 Å². The molecule has 0 heterocycles. The third-order valence-corrected chi connectivity index (χ3v) is 4.82. The molecule has 2 amide bonds. The first-order chi connectivity index (χ1) is 14.4. The van der Waals surface area contributed by atoms with Gasteiger partial charge < -0.3 is 15.5 Å². The van der Waals surface area contributed by atoms with E-state index in [-0.39, 0.29) is 24.0 Å². The number of carbonyl (C=O) groups excluding carboxylic acids is 2. The predicted molar refractivity (Wildman–Crippen MR) is 115 cm³/mol. The highest BCUT2D eigenvalue weighted by atomic mass is 16.6. The van der Waals surface area contributed by atoms with Crippen LogP contribution in [0.3, 0.4) is 0 Å². The van der Waals surface area contributed by atoms with Gasteiger partial charge in [0.1, 0.15) is 5.69 Å². The first-order valence-corrected chi connectivity index (χ1v) is 9.35. The van der Waals surface area contributed by atoms with Crippen LogP contribution < -0.4 is 10.6 Å². The second-order valence-corrected chi connectivity index (χ2v) is 6.99. The Morgan fingerprint density at radius 3 is 2.37 bits per heavy atom. The summed E-state index contributed by atoms with van der Waals surface area (Å²) in [5, 5.41) is 18.2. The van der Waals surface area contributed by atoms with Gasteiger partial charge in [-0.15, -0.1) is 0 Å². The lowest BCUT2D eigenvalue weighted by molar-refractivity contribution is -0.383. The van der Waals surface area contributed by atoms with E-state index in [1.165, 1.54) is 18.2 Å². The Balaban J connectivity index is 1.73. The average molecular weight is 406 g/mol. The quantitative estimate of drug-likeness (QED) is 0.372. The van der Waals surface area contributed by atoms with E-state index in [1.807, 2.05) is 61.5 Å². The molecule has 8 heteroatoms. The van der Waals surface area contributed by atoms with Gasteiger partial charge in [-0.1, -0.05) is 54.6 Å². The number of nitro groups is 1. The number of nitrogens with one attached hydrogen (secondary N) is 2. The Hall–Kier alpha value is -3.78. The predicted octanol–water partition coefficient (Wildman–Crippen LogP) is 3.11. The number of anilines is 1. The molecule has 0 bridgehead atoms. The lowest BCUT2D eigenvalue weighted by atomic mass is 9.98. The van der Waals surface area contributed by atoms with Crippen LogP contribution in [0.25, 0.3) is 10.8 Å². The van der Waals surface area contributed by atoms with Crippen molar-refractivity contribution in [2.45, 2.75) is 6.04 Å². The van der Waals surface area contributed by atoms with Crippen molar-refractivity contribution < 1.29 is 14.5 Å². The molecule has 3 aromatic rings. The molecule has 0 aliphatic carbocycles. The second-order valence-electron chi connectivity index (χ2n) is 6.99. The Morgan fingerprint density at radius 2 is 1.63 bits per heavy atom. The van der Waals surface area contributed by atoms with Gasteiger partial charge >= 0.3 is 11.8 Å². The van der Waals surface area contributed by atoms with Crippen molar-refractivity contribution in [2.24, 2.45) is 0 Å². The smallest absolute Gasteiger partial charge is 0.313 e. The highest BCUT2D eigenvalue weighted by Crippen LogP contribution is 2.27. The number of hydrogen-bond acceptors (Lipinski definition) is 5.